The highest BCUT2D eigenvalue weighted by atomic mass is 32.2. The van der Waals surface area contributed by atoms with Gasteiger partial charge in [0.2, 0.25) is 0 Å². The molecule has 3 unspecified atom stereocenters. The van der Waals surface area contributed by atoms with Gasteiger partial charge in [-0.15, -0.1) is 0 Å². The maximum atomic E-state index is 13.5. The van der Waals surface area contributed by atoms with Crippen molar-refractivity contribution in [3.05, 3.63) is 95.1 Å². The van der Waals surface area contributed by atoms with Crippen molar-refractivity contribution in [1.82, 2.24) is 10.2 Å². The Kier molecular flexibility index (Phi) is 10.6. The summed E-state index contributed by atoms with van der Waals surface area (Å²) in [6, 6.07) is 21.7. The van der Waals surface area contributed by atoms with Gasteiger partial charge in [-0.1, -0.05) is 60.7 Å². The van der Waals surface area contributed by atoms with Gasteiger partial charge in [-0.25, -0.2) is 21.6 Å². The molecular weight excluding hydrogens is 601 g/mol. The first-order valence-corrected chi connectivity index (χ1v) is 18.7. The van der Waals surface area contributed by atoms with Crippen LogP contribution in [0, 0.1) is 6.92 Å². The largest absolute Gasteiger partial charge is 0.480 e. The lowest BCUT2D eigenvalue weighted by Crippen LogP contribution is -2.42. The van der Waals surface area contributed by atoms with Gasteiger partial charge >= 0.3 is 5.97 Å². The highest BCUT2D eigenvalue weighted by molar-refractivity contribution is 7.90. The molecule has 0 aromatic heterocycles. The van der Waals surface area contributed by atoms with Gasteiger partial charge in [0, 0.05) is 36.7 Å². The first-order chi connectivity index (χ1) is 20.7. The Labute approximate surface area is 260 Å². The average Bonchev–Trinajstić information content (AvgIpc) is 3.29. The average molecular weight is 641 g/mol. The molecule has 3 atom stereocenters. The number of rotatable bonds is 13. The minimum Gasteiger partial charge on any atom is -0.480 e. The van der Waals surface area contributed by atoms with Crippen LogP contribution in [0.2, 0.25) is 0 Å². The third kappa shape index (κ3) is 9.23. The fourth-order valence-corrected chi connectivity index (χ4v) is 7.65. The topological polar surface area (TPSA) is 138 Å². The SMILES string of the molecule is Cc1ccccc1-c1cc(CN2C(Cc3ccccc3)CCC2CS(C)(=O)=O)ccc1C(=O)NC(CCS(C)(=O)=O)C(=O)O. The molecule has 0 aliphatic carbocycles. The van der Waals surface area contributed by atoms with Gasteiger partial charge < -0.3 is 10.4 Å². The lowest BCUT2D eigenvalue weighted by atomic mass is 9.93. The predicted molar refractivity (Wildman–Crippen MR) is 172 cm³/mol. The first kappa shape index (κ1) is 33.4. The number of amides is 1. The summed E-state index contributed by atoms with van der Waals surface area (Å²) in [7, 11) is -6.64. The second-order valence-electron chi connectivity index (χ2n) is 11.8. The quantitative estimate of drug-likeness (QED) is 0.287. The molecule has 2 N–H and O–H groups in total. The number of hydrogen-bond donors (Lipinski definition) is 2. The molecule has 1 heterocycles. The number of carbonyl (C=O) groups excluding carboxylic acids is 1. The Morgan fingerprint density at radius 3 is 2.16 bits per heavy atom. The summed E-state index contributed by atoms with van der Waals surface area (Å²) in [5.74, 6) is -2.24. The zero-order chi connectivity index (χ0) is 32.1. The van der Waals surface area contributed by atoms with E-state index in [9.17, 15) is 31.5 Å². The van der Waals surface area contributed by atoms with Crippen LogP contribution in [-0.4, -0.2) is 80.9 Å². The van der Waals surface area contributed by atoms with E-state index in [4.69, 9.17) is 0 Å². The predicted octanol–water partition coefficient (Wildman–Crippen LogP) is 3.90. The molecule has 3 aromatic carbocycles. The first-order valence-electron chi connectivity index (χ1n) is 14.6. The summed E-state index contributed by atoms with van der Waals surface area (Å²) >= 11 is 0. The normalized spacial score (nSPS) is 18.2. The van der Waals surface area contributed by atoms with Gasteiger partial charge in [0.25, 0.3) is 5.91 Å². The van der Waals surface area contributed by atoms with E-state index in [0.29, 0.717) is 12.1 Å². The van der Waals surface area contributed by atoms with E-state index < -0.39 is 37.6 Å². The number of carbonyl (C=O) groups is 2. The molecule has 9 nitrogen and oxygen atoms in total. The second-order valence-corrected chi connectivity index (χ2v) is 16.3. The zero-order valence-electron chi connectivity index (χ0n) is 25.3. The molecule has 3 aromatic rings. The summed E-state index contributed by atoms with van der Waals surface area (Å²) in [4.78, 5) is 27.6. The van der Waals surface area contributed by atoms with Crippen LogP contribution in [0.25, 0.3) is 11.1 Å². The van der Waals surface area contributed by atoms with Crippen molar-refractivity contribution < 1.29 is 31.5 Å². The van der Waals surface area contributed by atoms with E-state index in [0.717, 1.165) is 42.2 Å². The molecule has 1 fully saturated rings. The summed E-state index contributed by atoms with van der Waals surface area (Å²) in [5, 5.41) is 12.2. The highest BCUT2D eigenvalue weighted by Crippen LogP contribution is 2.33. The van der Waals surface area contributed by atoms with E-state index in [1.807, 2.05) is 61.5 Å². The lowest BCUT2D eigenvalue weighted by molar-refractivity contribution is -0.139. The van der Waals surface area contributed by atoms with E-state index in [1.54, 1.807) is 6.07 Å². The molecule has 1 saturated heterocycles. The molecule has 236 valence electrons. The number of hydrogen-bond acceptors (Lipinski definition) is 7. The number of carboxylic acid groups (broad SMARTS) is 1. The van der Waals surface area contributed by atoms with Gasteiger partial charge in [-0.2, -0.15) is 0 Å². The Bertz CT molecular complexity index is 1710. The Balaban J connectivity index is 1.68. The molecule has 11 heteroatoms. The second kappa shape index (κ2) is 14.0. The fraction of sp³-hybridized carbons (Fsp3) is 0.394. The molecular formula is C33H40N2O7S2. The van der Waals surface area contributed by atoms with Gasteiger partial charge in [0.05, 0.1) is 11.5 Å². The third-order valence-electron chi connectivity index (χ3n) is 8.09. The van der Waals surface area contributed by atoms with Crippen molar-refractivity contribution in [2.24, 2.45) is 0 Å². The number of benzene rings is 3. The van der Waals surface area contributed by atoms with Crippen LogP contribution < -0.4 is 5.32 Å². The molecule has 0 radical (unpaired) electrons. The molecule has 44 heavy (non-hydrogen) atoms. The fourth-order valence-electron chi connectivity index (χ4n) is 5.93. The van der Waals surface area contributed by atoms with Gasteiger partial charge in [0.1, 0.15) is 25.7 Å². The molecule has 1 aliphatic rings. The van der Waals surface area contributed by atoms with E-state index in [1.165, 1.54) is 11.8 Å². The van der Waals surface area contributed by atoms with Gasteiger partial charge in [-0.3, -0.25) is 9.69 Å². The smallest absolute Gasteiger partial charge is 0.326 e. The van der Waals surface area contributed by atoms with Crippen LogP contribution in [0.3, 0.4) is 0 Å². The standard InChI is InChI=1S/C33H40N2O7S2/c1-23-9-7-8-12-28(23)30-20-25(13-16-29(30)32(36)34-31(33(37)38)17-18-43(2,39)40)21-35-26(19-24-10-5-4-6-11-24)14-15-27(35)22-44(3,41)42/h4-13,16,20,26-27,31H,14-15,17-19,21-22H2,1-3H3,(H,34,36)(H,37,38). The maximum absolute atomic E-state index is 13.5. The van der Waals surface area contributed by atoms with Crippen LogP contribution in [-0.2, 0) is 37.4 Å². The van der Waals surface area contributed by atoms with Gasteiger partial charge in [0.15, 0.2) is 0 Å². The van der Waals surface area contributed by atoms with Crippen molar-refractivity contribution in [3.8, 4) is 11.1 Å². The minimum absolute atomic E-state index is 0.0630. The Hall–Kier alpha value is -3.54. The number of aliphatic carboxylic acids is 1. The summed E-state index contributed by atoms with van der Waals surface area (Å²) in [6.07, 6.45) is 4.45. The highest BCUT2D eigenvalue weighted by Gasteiger charge is 2.35. The van der Waals surface area contributed by atoms with Crippen molar-refractivity contribution in [2.45, 2.75) is 57.3 Å². The third-order valence-corrected chi connectivity index (χ3v) is 10.1. The van der Waals surface area contributed by atoms with E-state index >= 15 is 0 Å². The molecule has 0 saturated carbocycles. The van der Waals surface area contributed by atoms with E-state index in [-0.39, 0.29) is 35.6 Å². The molecule has 0 spiro atoms. The zero-order valence-corrected chi connectivity index (χ0v) is 26.9. The van der Waals surface area contributed by atoms with E-state index in [2.05, 4.69) is 22.3 Å². The Morgan fingerprint density at radius 2 is 1.52 bits per heavy atom. The minimum atomic E-state index is -3.42. The summed E-state index contributed by atoms with van der Waals surface area (Å²) in [6.45, 7) is 2.40. The number of carboxylic acids is 1. The molecule has 0 bridgehead atoms. The summed E-state index contributed by atoms with van der Waals surface area (Å²) < 4.78 is 48.0. The number of likely N-dealkylation sites (tertiary alicyclic amines) is 1. The van der Waals surface area contributed by atoms with Crippen LogP contribution in [0.1, 0.15) is 46.3 Å². The Morgan fingerprint density at radius 1 is 0.864 bits per heavy atom. The van der Waals surface area contributed by atoms with Crippen molar-refractivity contribution >= 4 is 31.6 Å². The van der Waals surface area contributed by atoms with Crippen LogP contribution >= 0.6 is 0 Å². The molecule has 1 aliphatic heterocycles. The lowest BCUT2D eigenvalue weighted by Gasteiger charge is -2.30. The maximum Gasteiger partial charge on any atom is 0.326 e. The molecule has 4 rings (SSSR count). The van der Waals surface area contributed by atoms with Crippen LogP contribution in [0.15, 0.2) is 72.8 Å². The number of aryl methyl sites for hydroxylation is 1. The van der Waals surface area contributed by atoms with Crippen molar-refractivity contribution in [2.75, 3.05) is 24.0 Å². The van der Waals surface area contributed by atoms with Crippen molar-refractivity contribution in [3.63, 3.8) is 0 Å². The number of nitrogens with one attached hydrogen (secondary N) is 1. The van der Waals surface area contributed by atoms with Gasteiger partial charge in [-0.05, 0) is 72.6 Å². The number of sulfone groups is 2. The van der Waals surface area contributed by atoms with Crippen LogP contribution in [0.4, 0.5) is 0 Å². The number of nitrogens with zero attached hydrogens (tertiary/aromatic N) is 1. The van der Waals surface area contributed by atoms with Crippen LogP contribution in [0.5, 0.6) is 0 Å². The molecule has 1 amide bonds. The summed E-state index contributed by atoms with van der Waals surface area (Å²) in [5.41, 5.74) is 4.68. The van der Waals surface area contributed by atoms with Crippen molar-refractivity contribution in [1.29, 1.82) is 0 Å². The monoisotopic (exact) mass is 640 g/mol.